The Kier molecular flexibility index (Phi) is 5.19. The molecule has 0 spiro atoms. The Hall–Kier alpha value is -2.64. The normalized spacial score (nSPS) is 14.6. The lowest BCUT2D eigenvalue weighted by molar-refractivity contribution is -0.135. The molecular weight excluding hydrogens is 392 g/mol. The third-order valence-corrected chi connectivity index (χ3v) is 5.83. The number of nitrogens with zero attached hydrogens (tertiary/aromatic N) is 4. The smallest absolute Gasteiger partial charge is 0.252 e. The molecule has 2 aromatic heterocycles. The van der Waals surface area contributed by atoms with Gasteiger partial charge in [-0.3, -0.25) is 14.2 Å². The first-order valence-electron chi connectivity index (χ1n) is 9.59. The average Bonchev–Trinajstić information content (AvgIpc) is 3.05. The van der Waals surface area contributed by atoms with Crippen LogP contribution in [0.15, 0.2) is 29.1 Å². The van der Waals surface area contributed by atoms with E-state index in [0.717, 1.165) is 27.9 Å². The van der Waals surface area contributed by atoms with Crippen molar-refractivity contribution in [2.75, 3.05) is 26.3 Å². The molecule has 0 N–H and O–H groups in total. The molecule has 1 saturated heterocycles. The zero-order valence-electron chi connectivity index (χ0n) is 16.7. The number of rotatable bonds is 3. The lowest BCUT2D eigenvalue weighted by Gasteiger charge is -2.27. The number of benzene rings is 1. The minimum atomic E-state index is -0.225. The van der Waals surface area contributed by atoms with Gasteiger partial charge in [-0.25, -0.2) is 4.68 Å². The van der Waals surface area contributed by atoms with Crippen molar-refractivity contribution in [3.05, 3.63) is 56.5 Å². The van der Waals surface area contributed by atoms with Crippen LogP contribution in [0, 0.1) is 20.8 Å². The summed E-state index contributed by atoms with van der Waals surface area (Å²) in [4.78, 5) is 27.5. The second-order valence-corrected chi connectivity index (χ2v) is 7.73. The topological polar surface area (TPSA) is 69.4 Å². The Morgan fingerprint density at radius 2 is 1.93 bits per heavy atom. The van der Waals surface area contributed by atoms with Gasteiger partial charge in [0.05, 0.1) is 24.6 Å². The number of aromatic nitrogens is 3. The van der Waals surface area contributed by atoms with Gasteiger partial charge in [0.15, 0.2) is 0 Å². The van der Waals surface area contributed by atoms with Crippen LogP contribution in [0.4, 0.5) is 0 Å². The number of amides is 1. The Morgan fingerprint density at radius 3 is 2.66 bits per heavy atom. The summed E-state index contributed by atoms with van der Waals surface area (Å²) in [6, 6.07) is 7.15. The van der Waals surface area contributed by atoms with Gasteiger partial charge >= 0.3 is 0 Å². The molecule has 1 fully saturated rings. The molecule has 8 heteroatoms. The van der Waals surface area contributed by atoms with Gasteiger partial charge in [0.1, 0.15) is 12.2 Å². The number of pyridine rings is 1. The standard InChI is InChI=1S/C21H23ClN4O3/c1-13-11-18(27)25(12-19(28)24-7-9-29-10-8-24)21-20(13)15(3)23-26(21)17-6-4-5-16(22)14(17)2/h4-6,11H,7-10,12H2,1-3H3. The highest BCUT2D eigenvalue weighted by Gasteiger charge is 2.22. The summed E-state index contributed by atoms with van der Waals surface area (Å²) >= 11 is 6.33. The van der Waals surface area contributed by atoms with Crippen LogP contribution in [0.3, 0.4) is 0 Å². The minimum absolute atomic E-state index is 0.0413. The van der Waals surface area contributed by atoms with Crippen molar-refractivity contribution < 1.29 is 9.53 Å². The van der Waals surface area contributed by atoms with E-state index < -0.39 is 0 Å². The second kappa shape index (κ2) is 7.65. The highest BCUT2D eigenvalue weighted by molar-refractivity contribution is 6.31. The van der Waals surface area contributed by atoms with Gasteiger partial charge in [-0.05, 0) is 44.0 Å². The molecule has 1 aromatic carbocycles. The predicted octanol–water partition coefficient (Wildman–Crippen LogP) is 2.62. The first kappa shape index (κ1) is 19.7. The fourth-order valence-corrected chi connectivity index (χ4v) is 4.03. The summed E-state index contributed by atoms with van der Waals surface area (Å²) < 4.78 is 8.57. The van der Waals surface area contributed by atoms with E-state index in [4.69, 9.17) is 21.4 Å². The third-order valence-electron chi connectivity index (χ3n) is 5.42. The fraction of sp³-hybridized carbons (Fsp3) is 0.381. The summed E-state index contributed by atoms with van der Waals surface area (Å²) in [7, 11) is 0. The zero-order valence-corrected chi connectivity index (χ0v) is 17.5. The molecule has 1 aliphatic heterocycles. The van der Waals surface area contributed by atoms with Crippen molar-refractivity contribution in [3.8, 4) is 5.69 Å². The van der Waals surface area contributed by atoms with Crippen molar-refractivity contribution >= 4 is 28.5 Å². The van der Waals surface area contributed by atoms with Gasteiger partial charge < -0.3 is 9.64 Å². The van der Waals surface area contributed by atoms with Crippen LogP contribution >= 0.6 is 11.6 Å². The van der Waals surface area contributed by atoms with E-state index in [-0.39, 0.29) is 18.0 Å². The molecule has 3 aromatic rings. The summed E-state index contributed by atoms with van der Waals surface area (Å²) in [5, 5.41) is 6.19. The van der Waals surface area contributed by atoms with Crippen molar-refractivity contribution in [2.24, 2.45) is 0 Å². The molecule has 4 rings (SSSR count). The fourth-order valence-electron chi connectivity index (χ4n) is 3.86. The maximum absolute atomic E-state index is 12.9. The number of morpholine rings is 1. The van der Waals surface area contributed by atoms with Gasteiger partial charge in [-0.1, -0.05) is 17.7 Å². The first-order chi connectivity index (χ1) is 13.9. The number of carbonyl (C=O) groups excluding carboxylic acids is 1. The van der Waals surface area contributed by atoms with Gasteiger partial charge in [0.25, 0.3) is 5.56 Å². The van der Waals surface area contributed by atoms with E-state index in [1.54, 1.807) is 15.6 Å². The number of carbonyl (C=O) groups is 1. The van der Waals surface area contributed by atoms with E-state index >= 15 is 0 Å². The van der Waals surface area contributed by atoms with Crippen LogP contribution in [0.2, 0.25) is 5.02 Å². The number of hydrogen-bond donors (Lipinski definition) is 0. The molecule has 1 amide bonds. The molecule has 1 aliphatic rings. The Balaban J connectivity index is 1.91. The van der Waals surface area contributed by atoms with E-state index in [9.17, 15) is 9.59 Å². The Bertz CT molecular complexity index is 1160. The number of hydrogen-bond acceptors (Lipinski definition) is 4. The molecule has 0 bridgehead atoms. The maximum Gasteiger partial charge on any atom is 0.252 e. The number of aryl methyl sites for hydroxylation is 2. The van der Waals surface area contributed by atoms with Crippen molar-refractivity contribution in [2.45, 2.75) is 27.3 Å². The summed E-state index contributed by atoms with van der Waals surface area (Å²) in [6.45, 7) is 7.78. The van der Waals surface area contributed by atoms with E-state index in [2.05, 4.69) is 0 Å². The zero-order chi connectivity index (χ0) is 20.7. The van der Waals surface area contributed by atoms with Crippen LogP contribution in [0.25, 0.3) is 16.7 Å². The first-order valence-corrected chi connectivity index (χ1v) is 9.97. The highest BCUT2D eigenvalue weighted by atomic mass is 35.5. The molecule has 3 heterocycles. The second-order valence-electron chi connectivity index (χ2n) is 7.32. The van der Waals surface area contributed by atoms with Gasteiger partial charge in [-0.2, -0.15) is 5.10 Å². The molecule has 0 aliphatic carbocycles. The molecule has 152 valence electrons. The molecule has 0 radical (unpaired) electrons. The molecule has 0 atom stereocenters. The Morgan fingerprint density at radius 1 is 1.21 bits per heavy atom. The SMILES string of the molecule is Cc1c(Cl)cccc1-n1nc(C)c2c(C)cc(=O)n(CC(=O)N3CCOCC3)c21. The Labute approximate surface area is 173 Å². The molecule has 29 heavy (non-hydrogen) atoms. The molecular formula is C21H23ClN4O3. The van der Waals surface area contributed by atoms with E-state index in [1.165, 1.54) is 4.57 Å². The number of halogens is 1. The molecule has 0 unspecified atom stereocenters. The number of ether oxygens (including phenoxy) is 1. The lowest BCUT2D eigenvalue weighted by Crippen LogP contribution is -2.43. The van der Waals surface area contributed by atoms with E-state index in [1.807, 2.05) is 39.0 Å². The monoisotopic (exact) mass is 414 g/mol. The van der Waals surface area contributed by atoms with Crippen molar-refractivity contribution in [1.82, 2.24) is 19.2 Å². The molecule has 0 saturated carbocycles. The summed E-state index contributed by atoms with van der Waals surface area (Å²) in [5.41, 5.74) is 3.66. The van der Waals surface area contributed by atoms with Crippen LogP contribution in [-0.2, 0) is 16.1 Å². The molecule has 7 nitrogen and oxygen atoms in total. The van der Waals surface area contributed by atoms with Crippen LogP contribution in [0.5, 0.6) is 0 Å². The summed E-state index contributed by atoms with van der Waals surface area (Å²) in [6.07, 6.45) is 0. The predicted molar refractivity (Wildman–Crippen MR) is 112 cm³/mol. The van der Waals surface area contributed by atoms with Crippen LogP contribution in [0.1, 0.15) is 16.8 Å². The highest BCUT2D eigenvalue weighted by Crippen LogP contribution is 2.28. The van der Waals surface area contributed by atoms with Gasteiger partial charge in [-0.15, -0.1) is 0 Å². The van der Waals surface area contributed by atoms with Crippen molar-refractivity contribution in [1.29, 1.82) is 0 Å². The van der Waals surface area contributed by atoms with Crippen LogP contribution < -0.4 is 5.56 Å². The maximum atomic E-state index is 12.9. The quantitative estimate of drug-likeness (QED) is 0.660. The van der Waals surface area contributed by atoms with Gasteiger partial charge in [0, 0.05) is 29.6 Å². The lowest BCUT2D eigenvalue weighted by atomic mass is 10.1. The third kappa shape index (κ3) is 3.45. The van der Waals surface area contributed by atoms with Crippen molar-refractivity contribution in [3.63, 3.8) is 0 Å². The summed E-state index contributed by atoms with van der Waals surface area (Å²) in [5.74, 6) is -0.103. The largest absolute Gasteiger partial charge is 0.378 e. The average molecular weight is 415 g/mol. The van der Waals surface area contributed by atoms with Gasteiger partial charge in [0.2, 0.25) is 5.91 Å². The number of fused-ring (bicyclic) bond motifs is 1. The minimum Gasteiger partial charge on any atom is -0.378 e. The van der Waals surface area contributed by atoms with E-state index in [0.29, 0.717) is 37.0 Å². The van der Waals surface area contributed by atoms with Crippen LogP contribution in [-0.4, -0.2) is 51.5 Å².